The molecule has 0 radical (unpaired) electrons. The largest absolute Gasteiger partial charge is 0.260 e. The molecule has 0 amide bonds. The van der Waals surface area contributed by atoms with E-state index in [2.05, 4.69) is 74.6 Å². The molecule has 1 heteroatoms. The summed E-state index contributed by atoms with van der Waals surface area (Å²) in [6, 6.07) is 2.31. The molecule has 0 atom stereocenters. The molecule has 0 saturated heterocycles. The third-order valence-electron chi connectivity index (χ3n) is 3.29. The van der Waals surface area contributed by atoms with Crippen LogP contribution in [0.15, 0.2) is 12.3 Å². The molecule has 0 aliphatic rings. The SMILES string of the molecule is CC(C)(C)c1cc(C(C)(C)C)c(C(C)(C)C)cn1. The van der Waals surface area contributed by atoms with Gasteiger partial charge in [-0.15, -0.1) is 0 Å². The van der Waals surface area contributed by atoms with E-state index in [1.165, 1.54) is 16.8 Å². The Kier molecular flexibility index (Phi) is 3.69. The van der Waals surface area contributed by atoms with E-state index in [9.17, 15) is 0 Å². The second-order valence-electron chi connectivity index (χ2n) is 8.37. The van der Waals surface area contributed by atoms with Crippen LogP contribution in [0.3, 0.4) is 0 Å². The second-order valence-corrected chi connectivity index (χ2v) is 8.37. The Morgan fingerprint density at radius 2 is 1.11 bits per heavy atom. The summed E-state index contributed by atoms with van der Waals surface area (Å²) in [7, 11) is 0. The third-order valence-corrected chi connectivity index (χ3v) is 3.29. The van der Waals surface area contributed by atoms with Gasteiger partial charge in [0.05, 0.1) is 0 Å². The lowest BCUT2D eigenvalue weighted by Gasteiger charge is -2.31. The van der Waals surface area contributed by atoms with Crippen LogP contribution in [0.1, 0.15) is 79.1 Å². The van der Waals surface area contributed by atoms with E-state index in [0.717, 1.165) is 0 Å². The van der Waals surface area contributed by atoms with Crippen molar-refractivity contribution in [2.45, 2.75) is 78.6 Å². The van der Waals surface area contributed by atoms with E-state index in [4.69, 9.17) is 4.98 Å². The van der Waals surface area contributed by atoms with Crippen molar-refractivity contribution in [2.75, 3.05) is 0 Å². The normalized spacial score (nSPS) is 13.8. The van der Waals surface area contributed by atoms with Crippen molar-refractivity contribution in [3.05, 3.63) is 29.1 Å². The van der Waals surface area contributed by atoms with E-state index >= 15 is 0 Å². The number of hydrogen-bond acceptors (Lipinski definition) is 1. The van der Waals surface area contributed by atoms with Gasteiger partial charge in [-0.25, -0.2) is 0 Å². The Bertz CT molecular complexity index is 422. The Labute approximate surface area is 113 Å². The first kappa shape index (κ1) is 15.2. The highest BCUT2D eigenvalue weighted by molar-refractivity contribution is 5.38. The summed E-state index contributed by atoms with van der Waals surface area (Å²) in [5.41, 5.74) is 4.38. The Morgan fingerprint density at radius 3 is 1.44 bits per heavy atom. The topological polar surface area (TPSA) is 12.9 Å². The molecule has 0 N–H and O–H groups in total. The molecule has 1 nitrogen and oxygen atoms in total. The third kappa shape index (κ3) is 3.34. The summed E-state index contributed by atoms with van der Waals surface area (Å²) >= 11 is 0. The fourth-order valence-electron chi connectivity index (χ4n) is 2.08. The molecule has 1 aromatic rings. The van der Waals surface area contributed by atoms with Gasteiger partial charge < -0.3 is 0 Å². The van der Waals surface area contributed by atoms with Gasteiger partial charge in [0.1, 0.15) is 0 Å². The molecular formula is C17H29N. The average molecular weight is 247 g/mol. The summed E-state index contributed by atoms with van der Waals surface area (Å²) in [5, 5.41) is 0. The fourth-order valence-corrected chi connectivity index (χ4v) is 2.08. The molecule has 0 spiro atoms. The van der Waals surface area contributed by atoms with Gasteiger partial charge in [0.15, 0.2) is 0 Å². The van der Waals surface area contributed by atoms with Crippen LogP contribution < -0.4 is 0 Å². The lowest BCUT2D eigenvalue weighted by atomic mass is 9.75. The Morgan fingerprint density at radius 1 is 0.667 bits per heavy atom. The monoisotopic (exact) mass is 247 g/mol. The van der Waals surface area contributed by atoms with Gasteiger partial charge >= 0.3 is 0 Å². The van der Waals surface area contributed by atoms with Crippen molar-refractivity contribution >= 4 is 0 Å². The van der Waals surface area contributed by atoms with Crippen molar-refractivity contribution in [2.24, 2.45) is 0 Å². The first-order chi connectivity index (χ1) is 7.83. The molecular weight excluding hydrogens is 218 g/mol. The summed E-state index contributed by atoms with van der Waals surface area (Å²) in [5.74, 6) is 0. The molecule has 0 fully saturated rings. The minimum absolute atomic E-state index is 0.108. The summed E-state index contributed by atoms with van der Waals surface area (Å²) < 4.78 is 0. The zero-order valence-corrected chi connectivity index (χ0v) is 13.6. The molecule has 1 heterocycles. The quantitative estimate of drug-likeness (QED) is 0.630. The van der Waals surface area contributed by atoms with E-state index in [-0.39, 0.29) is 16.2 Å². The molecule has 18 heavy (non-hydrogen) atoms. The molecule has 0 aromatic carbocycles. The van der Waals surface area contributed by atoms with Gasteiger partial charge in [-0.2, -0.15) is 0 Å². The van der Waals surface area contributed by atoms with E-state index in [1.54, 1.807) is 0 Å². The lowest BCUT2D eigenvalue weighted by molar-refractivity contribution is 0.513. The molecule has 1 aromatic heterocycles. The molecule has 0 aliphatic carbocycles. The number of pyridine rings is 1. The van der Waals surface area contributed by atoms with E-state index in [0.29, 0.717) is 0 Å². The Hall–Kier alpha value is -0.850. The van der Waals surface area contributed by atoms with Crippen molar-refractivity contribution in [1.82, 2.24) is 4.98 Å². The van der Waals surface area contributed by atoms with Crippen LogP contribution in [0.2, 0.25) is 0 Å². The van der Waals surface area contributed by atoms with Crippen LogP contribution in [-0.4, -0.2) is 4.98 Å². The van der Waals surface area contributed by atoms with E-state index < -0.39 is 0 Å². The minimum Gasteiger partial charge on any atom is -0.260 e. The average Bonchev–Trinajstić information content (AvgIpc) is 2.12. The van der Waals surface area contributed by atoms with E-state index in [1.807, 2.05) is 0 Å². The minimum atomic E-state index is 0.108. The van der Waals surface area contributed by atoms with Crippen LogP contribution in [0.25, 0.3) is 0 Å². The lowest BCUT2D eigenvalue weighted by Crippen LogP contribution is -2.25. The van der Waals surface area contributed by atoms with Gasteiger partial charge in [0, 0.05) is 17.3 Å². The molecule has 1 rings (SSSR count). The van der Waals surface area contributed by atoms with Crippen molar-refractivity contribution in [1.29, 1.82) is 0 Å². The number of rotatable bonds is 0. The molecule has 0 saturated carbocycles. The molecule has 0 aliphatic heterocycles. The Balaban J connectivity index is 3.50. The predicted molar refractivity (Wildman–Crippen MR) is 80.3 cm³/mol. The van der Waals surface area contributed by atoms with Crippen LogP contribution in [0.5, 0.6) is 0 Å². The van der Waals surface area contributed by atoms with Gasteiger partial charge in [-0.1, -0.05) is 62.3 Å². The summed E-state index contributed by atoms with van der Waals surface area (Å²) in [4.78, 5) is 4.69. The van der Waals surface area contributed by atoms with Crippen LogP contribution in [-0.2, 0) is 16.2 Å². The molecule has 0 unspecified atom stereocenters. The highest BCUT2D eigenvalue weighted by Crippen LogP contribution is 2.35. The number of aromatic nitrogens is 1. The van der Waals surface area contributed by atoms with Gasteiger partial charge in [-0.05, 0) is 28.0 Å². The maximum atomic E-state index is 4.69. The van der Waals surface area contributed by atoms with Crippen LogP contribution in [0, 0.1) is 0 Å². The number of hydrogen-bond donors (Lipinski definition) is 0. The maximum absolute atomic E-state index is 4.69. The molecule has 0 bridgehead atoms. The number of nitrogens with zero attached hydrogens (tertiary/aromatic N) is 1. The second kappa shape index (κ2) is 4.36. The smallest absolute Gasteiger partial charge is 0.0460 e. The van der Waals surface area contributed by atoms with Crippen LogP contribution >= 0.6 is 0 Å². The van der Waals surface area contributed by atoms with Crippen molar-refractivity contribution < 1.29 is 0 Å². The standard InChI is InChI=1S/C17H29N/c1-15(2,3)12-10-14(17(7,8)9)18-11-13(12)16(4,5)6/h10-11H,1-9H3. The zero-order valence-electron chi connectivity index (χ0n) is 13.6. The molecule has 102 valence electrons. The summed E-state index contributed by atoms with van der Waals surface area (Å²) in [6.45, 7) is 20.3. The highest BCUT2D eigenvalue weighted by atomic mass is 14.7. The first-order valence-corrected chi connectivity index (χ1v) is 6.85. The van der Waals surface area contributed by atoms with Crippen molar-refractivity contribution in [3.8, 4) is 0 Å². The van der Waals surface area contributed by atoms with Crippen molar-refractivity contribution in [3.63, 3.8) is 0 Å². The predicted octanol–water partition coefficient (Wildman–Crippen LogP) is 4.97. The summed E-state index contributed by atoms with van der Waals surface area (Å²) in [6.07, 6.45) is 2.08. The highest BCUT2D eigenvalue weighted by Gasteiger charge is 2.27. The zero-order chi connectivity index (χ0) is 14.4. The fraction of sp³-hybridized carbons (Fsp3) is 0.706. The maximum Gasteiger partial charge on any atom is 0.0460 e. The van der Waals surface area contributed by atoms with Gasteiger partial charge in [0.25, 0.3) is 0 Å². The van der Waals surface area contributed by atoms with Crippen LogP contribution in [0.4, 0.5) is 0 Å². The van der Waals surface area contributed by atoms with Gasteiger partial charge in [-0.3, -0.25) is 4.98 Å². The van der Waals surface area contributed by atoms with Gasteiger partial charge in [0.2, 0.25) is 0 Å². The first-order valence-electron chi connectivity index (χ1n) is 6.85.